The standard InChI is InChI=1S/C12H14N2S/c13-7-9(8-14)10-5-6-15-12-4-2-1-3-11(10)12/h11-12H,1-6H2/t11-,12+/m1/s1. The van der Waals surface area contributed by atoms with Crippen LogP contribution in [0.3, 0.4) is 0 Å². The van der Waals surface area contributed by atoms with Crippen LogP contribution in [0.25, 0.3) is 0 Å². The van der Waals surface area contributed by atoms with Gasteiger partial charge in [-0.2, -0.15) is 22.3 Å². The highest BCUT2D eigenvalue weighted by Crippen LogP contribution is 2.44. The zero-order chi connectivity index (χ0) is 10.7. The molecule has 15 heavy (non-hydrogen) atoms. The van der Waals surface area contributed by atoms with Crippen molar-refractivity contribution < 1.29 is 0 Å². The van der Waals surface area contributed by atoms with Crippen LogP contribution in [0.15, 0.2) is 11.1 Å². The topological polar surface area (TPSA) is 47.6 Å². The molecule has 1 aliphatic heterocycles. The summed E-state index contributed by atoms with van der Waals surface area (Å²) in [5.41, 5.74) is 1.55. The molecule has 2 rings (SSSR count). The molecule has 2 aliphatic rings. The van der Waals surface area contributed by atoms with E-state index < -0.39 is 0 Å². The van der Waals surface area contributed by atoms with Gasteiger partial charge in [-0.3, -0.25) is 0 Å². The fourth-order valence-electron chi connectivity index (χ4n) is 2.68. The first-order valence-electron chi connectivity index (χ1n) is 5.51. The second-order valence-corrected chi connectivity index (χ2v) is 5.52. The number of nitriles is 2. The van der Waals surface area contributed by atoms with Gasteiger partial charge in [0.1, 0.15) is 17.7 Å². The molecule has 0 aromatic heterocycles. The molecule has 0 amide bonds. The maximum absolute atomic E-state index is 8.93. The lowest BCUT2D eigenvalue weighted by Gasteiger charge is -2.37. The van der Waals surface area contributed by atoms with Gasteiger partial charge in [-0.1, -0.05) is 12.8 Å². The Morgan fingerprint density at radius 3 is 2.67 bits per heavy atom. The fraction of sp³-hybridized carbons (Fsp3) is 0.667. The number of thioether (sulfide) groups is 1. The van der Waals surface area contributed by atoms with Crippen molar-refractivity contribution in [1.29, 1.82) is 10.5 Å². The highest BCUT2D eigenvalue weighted by Gasteiger charge is 2.33. The van der Waals surface area contributed by atoms with Crippen LogP contribution in [0.4, 0.5) is 0 Å². The van der Waals surface area contributed by atoms with Crippen LogP contribution in [0, 0.1) is 28.6 Å². The van der Waals surface area contributed by atoms with E-state index in [4.69, 9.17) is 10.5 Å². The molecule has 0 spiro atoms. The van der Waals surface area contributed by atoms with E-state index in [1.54, 1.807) is 0 Å². The van der Waals surface area contributed by atoms with Crippen LogP contribution in [0.5, 0.6) is 0 Å². The molecule has 1 saturated heterocycles. The molecule has 0 N–H and O–H groups in total. The SMILES string of the molecule is N#CC(C#N)=C1CCS[C@H]2CCCC[C@H]12. The van der Waals surface area contributed by atoms with Gasteiger partial charge in [0.05, 0.1) is 0 Å². The largest absolute Gasteiger partial charge is 0.192 e. The van der Waals surface area contributed by atoms with Crippen molar-refractivity contribution in [2.24, 2.45) is 5.92 Å². The van der Waals surface area contributed by atoms with Gasteiger partial charge in [-0.15, -0.1) is 0 Å². The van der Waals surface area contributed by atoms with Gasteiger partial charge in [0.2, 0.25) is 0 Å². The Labute approximate surface area is 95.0 Å². The van der Waals surface area contributed by atoms with E-state index >= 15 is 0 Å². The molecule has 1 saturated carbocycles. The number of hydrogen-bond donors (Lipinski definition) is 0. The van der Waals surface area contributed by atoms with Crippen molar-refractivity contribution in [2.75, 3.05) is 5.75 Å². The van der Waals surface area contributed by atoms with E-state index in [-0.39, 0.29) is 0 Å². The predicted octanol–water partition coefficient (Wildman–Crippen LogP) is 3.03. The second-order valence-electron chi connectivity index (χ2n) is 4.17. The molecular formula is C12H14N2S. The molecule has 78 valence electrons. The van der Waals surface area contributed by atoms with Gasteiger partial charge in [0.25, 0.3) is 0 Å². The number of hydrogen-bond acceptors (Lipinski definition) is 3. The molecule has 0 radical (unpaired) electrons. The zero-order valence-electron chi connectivity index (χ0n) is 8.70. The van der Waals surface area contributed by atoms with Gasteiger partial charge in [0, 0.05) is 5.25 Å². The van der Waals surface area contributed by atoms with Gasteiger partial charge in [0.15, 0.2) is 0 Å². The first-order chi connectivity index (χ1) is 7.36. The molecule has 1 heterocycles. The first kappa shape index (κ1) is 10.6. The van der Waals surface area contributed by atoms with E-state index in [0.29, 0.717) is 16.7 Å². The van der Waals surface area contributed by atoms with Crippen molar-refractivity contribution in [3.8, 4) is 12.1 Å². The van der Waals surface area contributed by atoms with E-state index in [9.17, 15) is 0 Å². The van der Waals surface area contributed by atoms with Crippen molar-refractivity contribution in [2.45, 2.75) is 37.4 Å². The fourth-order valence-corrected chi connectivity index (χ4v) is 4.19. The molecule has 0 bridgehead atoms. The third-order valence-electron chi connectivity index (χ3n) is 3.40. The summed E-state index contributed by atoms with van der Waals surface area (Å²) < 4.78 is 0. The molecule has 0 aromatic carbocycles. The molecule has 2 atom stereocenters. The van der Waals surface area contributed by atoms with Crippen LogP contribution >= 0.6 is 11.8 Å². The van der Waals surface area contributed by atoms with Gasteiger partial charge in [-0.05, 0) is 36.5 Å². The molecule has 2 nitrogen and oxygen atoms in total. The third kappa shape index (κ3) is 2.03. The summed E-state index contributed by atoms with van der Waals surface area (Å²) in [7, 11) is 0. The van der Waals surface area contributed by atoms with Crippen LogP contribution in [0.1, 0.15) is 32.1 Å². The molecule has 2 fully saturated rings. The average Bonchev–Trinajstić information content (AvgIpc) is 2.31. The highest BCUT2D eigenvalue weighted by atomic mass is 32.2. The van der Waals surface area contributed by atoms with Crippen LogP contribution < -0.4 is 0 Å². The minimum atomic E-state index is 0.396. The van der Waals surface area contributed by atoms with Gasteiger partial charge < -0.3 is 0 Å². The summed E-state index contributed by atoms with van der Waals surface area (Å²) >= 11 is 2.04. The van der Waals surface area contributed by atoms with E-state index in [0.717, 1.165) is 17.7 Å². The summed E-state index contributed by atoms with van der Waals surface area (Å²) in [6.07, 6.45) is 5.97. The zero-order valence-corrected chi connectivity index (χ0v) is 9.52. The highest BCUT2D eigenvalue weighted by molar-refractivity contribution is 8.00. The molecule has 3 heteroatoms. The van der Waals surface area contributed by atoms with Gasteiger partial charge in [-0.25, -0.2) is 0 Å². The number of rotatable bonds is 0. The average molecular weight is 218 g/mol. The monoisotopic (exact) mass is 218 g/mol. The second kappa shape index (κ2) is 4.73. The molecule has 0 unspecified atom stereocenters. The Kier molecular flexibility index (Phi) is 3.34. The van der Waals surface area contributed by atoms with Crippen LogP contribution in [0.2, 0.25) is 0 Å². The molecule has 1 aliphatic carbocycles. The van der Waals surface area contributed by atoms with Crippen LogP contribution in [-0.4, -0.2) is 11.0 Å². The van der Waals surface area contributed by atoms with E-state index in [1.807, 2.05) is 11.8 Å². The van der Waals surface area contributed by atoms with Crippen molar-refractivity contribution in [3.63, 3.8) is 0 Å². The Bertz CT molecular complexity index is 341. The first-order valence-corrected chi connectivity index (χ1v) is 6.56. The minimum Gasteiger partial charge on any atom is -0.192 e. The normalized spacial score (nSPS) is 29.9. The Morgan fingerprint density at radius 2 is 1.93 bits per heavy atom. The van der Waals surface area contributed by atoms with Crippen molar-refractivity contribution in [3.05, 3.63) is 11.1 Å². The maximum atomic E-state index is 8.93. The van der Waals surface area contributed by atoms with Gasteiger partial charge >= 0.3 is 0 Å². The summed E-state index contributed by atoms with van der Waals surface area (Å²) in [6, 6.07) is 4.13. The lowest BCUT2D eigenvalue weighted by Crippen LogP contribution is -2.28. The lowest BCUT2D eigenvalue weighted by molar-refractivity contribution is 0.402. The third-order valence-corrected chi connectivity index (χ3v) is 4.83. The Morgan fingerprint density at radius 1 is 1.20 bits per heavy atom. The van der Waals surface area contributed by atoms with E-state index in [1.165, 1.54) is 25.7 Å². The predicted molar refractivity (Wildman–Crippen MR) is 61.1 cm³/mol. The summed E-state index contributed by atoms with van der Waals surface area (Å²) in [6.45, 7) is 0. The molecular weight excluding hydrogens is 204 g/mol. The summed E-state index contributed by atoms with van der Waals surface area (Å²) in [4.78, 5) is 0. The smallest absolute Gasteiger partial charge is 0.129 e. The van der Waals surface area contributed by atoms with Crippen molar-refractivity contribution >= 4 is 11.8 Å². The summed E-state index contributed by atoms with van der Waals surface area (Å²) in [5, 5.41) is 18.5. The quantitative estimate of drug-likeness (QED) is 0.587. The maximum Gasteiger partial charge on any atom is 0.129 e. The van der Waals surface area contributed by atoms with Crippen molar-refractivity contribution in [1.82, 2.24) is 0 Å². The minimum absolute atomic E-state index is 0.396. The lowest BCUT2D eigenvalue weighted by atomic mass is 9.80. The Balaban J connectivity index is 2.29. The van der Waals surface area contributed by atoms with Crippen LogP contribution in [-0.2, 0) is 0 Å². The van der Waals surface area contributed by atoms with E-state index in [2.05, 4.69) is 12.1 Å². The number of nitrogens with zero attached hydrogens (tertiary/aromatic N) is 2. The number of fused-ring (bicyclic) bond motifs is 1. The Hall–Kier alpha value is -0.930. The molecule has 0 aromatic rings. The summed E-state index contributed by atoms with van der Waals surface area (Å²) in [5.74, 6) is 1.61. The number of allylic oxidation sites excluding steroid dienone is 2.